The molecule has 0 bridgehead atoms. The van der Waals surface area contributed by atoms with Crippen LogP contribution in [0.4, 0.5) is 0 Å². The summed E-state index contributed by atoms with van der Waals surface area (Å²) in [7, 11) is 1.67. The zero-order valence-corrected chi connectivity index (χ0v) is 12.9. The van der Waals surface area contributed by atoms with Crippen LogP contribution in [0.3, 0.4) is 0 Å². The van der Waals surface area contributed by atoms with Gasteiger partial charge in [-0.1, -0.05) is 37.3 Å². The fourth-order valence-electron chi connectivity index (χ4n) is 2.34. The third-order valence-corrected chi connectivity index (χ3v) is 3.78. The highest BCUT2D eigenvalue weighted by molar-refractivity contribution is 5.91. The number of nitrogens with one attached hydrogen (secondary N) is 1. The summed E-state index contributed by atoms with van der Waals surface area (Å²) in [4.78, 5) is 12.0. The first-order valence-electron chi connectivity index (χ1n) is 7.29. The molecule has 0 aliphatic heterocycles. The molecule has 1 heterocycles. The van der Waals surface area contributed by atoms with Crippen LogP contribution in [-0.2, 0) is 15.1 Å². The predicted molar refractivity (Wildman–Crippen MR) is 86.2 cm³/mol. The van der Waals surface area contributed by atoms with E-state index >= 15 is 0 Å². The number of carbonyl (C=O) groups is 1. The highest BCUT2D eigenvalue weighted by Crippen LogP contribution is 2.27. The second-order valence-corrected chi connectivity index (χ2v) is 5.03. The largest absolute Gasteiger partial charge is 0.472 e. The van der Waals surface area contributed by atoms with Gasteiger partial charge in [0.05, 0.1) is 19.1 Å². The average Bonchev–Trinajstić information content (AvgIpc) is 3.09. The number of hydrogen-bond acceptors (Lipinski definition) is 3. The molecule has 0 spiro atoms. The van der Waals surface area contributed by atoms with Crippen molar-refractivity contribution < 1.29 is 13.9 Å². The quantitative estimate of drug-likeness (QED) is 0.798. The van der Waals surface area contributed by atoms with Crippen molar-refractivity contribution in [1.82, 2.24) is 5.32 Å². The van der Waals surface area contributed by atoms with Gasteiger partial charge >= 0.3 is 0 Å². The van der Waals surface area contributed by atoms with E-state index in [2.05, 4.69) is 5.32 Å². The highest BCUT2D eigenvalue weighted by Gasteiger charge is 2.30. The summed E-state index contributed by atoms with van der Waals surface area (Å²) < 4.78 is 10.7. The van der Waals surface area contributed by atoms with Crippen molar-refractivity contribution in [3.63, 3.8) is 0 Å². The summed E-state index contributed by atoms with van der Waals surface area (Å²) in [5.74, 6) is -0.160. The molecule has 1 aromatic carbocycles. The molecule has 0 saturated carbocycles. The van der Waals surface area contributed by atoms with Crippen molar-refractivity contribution in [3.05, 3.63) is 66.1 Å². The Morgan fingerprint density at radius 2 is 2.09 bits per heavy atom. The molecule has 1 atom stereocenters. The van der Waals surface area contributed by atoms with Crippen molar-refractivity contribution in [2.75, 3.05) is 13.7 Å². The number of carbonyl (C=O) groups excluding carboxylic acids is 1. The maximum absolute atomic E-state index is 12.0. The molecule has 1 amide bonds. The van der Waals surface area contributed by atoms with E-state index in [-0.39, 0.29) is 5.91 Å². The maximum Gasteiger partial charge on any atom is 0.244 e. The molecular weight excluding hydrogens is 278 g/mol. The Morgan fingerprint density at radius 3 is 2.68 bits per heavy atom. The van der Waals surface area contributed by atoms with Crippen molar-refractivity contribution in [2.24, 2.45) is 0 Å². The lowest BCUT2D eigenvalue weighted by Gasteiger charge is -2.32. The molecule has 0 radical (unpaired) electrons. The molecule has 0 aliphatic rings. The van der Waals surface area contributed by atoms with Crippen LogP contribution in [0.1, 0.15) is 24.5 Å². The Balaban J connectivity index is 2.01. The minimum atomic E-state index is -0.513. The first-order chi connectivity index (χ1) is 10.7. The second kappa shape index (κ2) is 7.61. The summed E-state index contributed by atoms with van der Waals surface area (Å²) in [5, 5.41) is 2.90. The van der Waals surface area contributed by atoms with Crippen LogP contribution in [0.2, 0.25) is 0 Å². The minimum Gasteiger partial charge on any atom is -0.472 e. The normalized spacial score (nSPS) is 13.9. The van der Waals surface area contributed by atoms with E-state index in [4.69, 9.17) is 9.15 Å². The summed E-state index contributed by atoms with van der Waals surface area (Å²) in [5.41, 5.74) is 1.39. The number of rotatable bonds is 7. The maximum atomic E-state index is 12.0. The van der Waals surface area contributed by atoms with Gasteiger partial charge in [0.25, 0.3) is 0 Å². The number of amides is 1. The van der Waals surface area contributed by atoms with Crippen molar-refractivity contribution >= 4 is 12.0 Å². The number of ether oxygens (including phenoxy) is 1. The van der Waals surface area contributed by atoms with Gasteiger partial charge in [0.1, 0.15) is 5.60 Å². The molecule has 22 heavy (non-hydrogen) atoms. The molecule has 0 fully saturated rings. The first-order valence-corrected chi connectivity index (χ1v) is 7.29. The summed E-state index contributed by atoms with van der Waals surface area (Å²) in [6, 6.07) is 11.7. The van der Waals surface area contributed by atoms with Crippen LogP contribution in [0.25, 0.3) is 6.08 Å². The van der Waals surface area contributed by atoms with Crippen molar-refractivity contribution in [1.29, 1.82) is 0 Å². The van der Waals surface area contributed by atoms with Gasteiger partial charge < -0.3 is 14.5 Å². The molecule has 0 aliphatic carbocycles. The third-order valence-electron chi connectivity index (χ3n) is 3.78. The monoisotopic (exact) mass is 299 g/mol. The highest BCUT2D eigenvalue weighted by atomic mass is 16.5. The van der Waals surface area contributed by atoms with E-state index in [0.29, 0.717) is 6.54 Å². The van der Waals surface area contributed by atoms with Crippen molar-refractivity contribution in [3.8, 4) is 0 Å². The van der Waals surface area contributed by atoms with Crippen LogP contribution < -0.4 is 5.32 Å². The van der Waals surface area contributed by atoms with E-state index in [1.807, 2.05) is 37.3 Å². The van der Waals surface area contributed by atoms with Crippen LogP contribution in [-0.4, -0.2) is 19.6 Å². The number of benzene rings is 1. The van der Waals surface area contributed by atoms with E-state index in [1.165, 1.54) is 6.08 Å². The molecule has 2 aromatic rings. The summed E-state index contributed by atoms with van der Waals surface area (Å²) in [6.45, 7) is 2.46. The van der Waals surface area contributed by atoms with Crippen LogP contribution >= 0.6 is 0 Å². The smallest absolute Gasteiger partial charge is 0.244 e. The Bertz CT molecular complexity index is 599. The molecule has 2 rings (SSSR count). The van der Waals surface area contributed by atoms with E-state index in [9.17, 15) is 4.79 Å². The summed E-state index contributed by atoms with van der Waals surface area (Å²) >= 11 is 0. The first kappa shape index (κ1) is 16.0. The van der Waals surface area contributed by atoms with E-state index in [1.54, 1.807) is 31.8 Å². The fourth-order valence-corrected chi connectivity index (χ4v) is 2.34. The fraction of sp³-hybridized carbons (Fsp3) is 0.278. The molecule has 4 heteroatoms. The minimum absolute atomic E-state index is 0.160. The SMILES string of the molecule is CCC(CNC(=O)C=Cc1ccoc1)(OC)c1ccccc1. The van der Waals surface area contributed by atoms with E-state index in [0.717, 1.165) is 17.5 Å². The Morgan fingerprint density at radius 1 is 1.32 bits per heavy atom. The van der Waals surface area contributed by atoms with Gasteiger partial charge in [-0.15, -0.1) is 0 Å². The Hall–Kier alpha value is -2.33. The van der Waals surface area contributed by atoms with Gasteiger partial charge in [-0.3, -0.25) is 4.79 Å². The molecule has 1 N–H and O–H groups in total. The summed E-state index contributed by atoms with van der Waals surface area (Å²) in [6.07, 6.45) is 7.12. The third kappa shape index (κ3) is 3.86. The molecule has 116 valence electrons. The van der Waals surface area contributed by atoms with Crippen LogP contribution in [0.15, 0.2) is 59.4 Å². The molecule has 4 nitrogen and oxygen atoms in total. The Kier molecular flexibility index (Phi) is 5.55. The van der Waals surface area contributed by atoms with Gasteiger partial charge in [-0.25, -0.2) is 0 Å². The zero-order chi connectivity index (χ0) is 15.8. The number of methoxy groups -OCH3 is 1. The number of hydrogen-bond donors (Lipinski definition) is 1. The molecule has 1 aromatic heterocycles. The second-order valence-electron chi connectivity index (χ2n) is 5.03. The lowest BCUT2D eigenvalue weighted by atomic mass is 9.90. The topological polar surface area (TPSA) is 51.5 Å². The lowest BCUT2D eigenvalue weighted by molar-refractivity contribution is -0.118. The van der Waals surface area contributed by atoms with Gasteiger partial charge in [0, 0.05) is 18.7 Å². The lowest BCUT2D eigenvalue weighted by Crippen LogP contribution is -2.41. The standard InChI is InChI=1S/C18H21NO3/c1-3-18(21-2,16-7-5-4-6-8-16)14-19-17(20)10-9-15-11-12-22-13-15/h4-13H,3,14H2,1-2H3,(H,19,20). The van der Waals surface area contributed by atoms with Crippen LogP contribution in [0.5, 0.6) is 0 Å². The average molecular weight is 299 g/mol. The molecular formula is C18H21NO3. The van der Waals surface area contributed by atoms with Crippen molar-refractivity contribution in [2.45, 2.75) is 18.9 Å². The van der Waals surface area contributed by atoms with Gasteiger partial charge in [-0.05, 0) is 24.1 Å². The molecule has 1 unspecified atom stereocenters. The predicted octanol–water partition coefficient (Wildman–Crippen LogP) is 3.36. The zero-order valence-electron chi connectivity index (χ0n) is 12.9. The molecule has 0 saturated heterocycles. The van der Waals surface area contributed by atoms with Gasteiger partial charge in [0.2, 0.25) is 5.91 Å². The Labute approximate surface area is 130 Å². The van der Waals surface area contributed by atoms with E-state index < -0.39 is 5.60 Å². The van der Waals surface area contributed by atoms with Gasteiger partial charge in [0.15, 0.2) is 0 Å². The van der Waals surface area contributed by atoms with Gasteiger partial charge in [-0.2, -0.15) is 0 Å². The van der Waals surface area contributed by atoms with Crippen LogP contribution in [0, 0.1) is 0 Å². The number of furan rings is 1.